The molecule has 2 aromatic carbocycles. The fraction of sp³-hybridized carbons (Fsp3) is 0. The molecular formula is C16H12N2O2. The second kappa shape index (κ2) is 5.01. The molecule has 1 amide bonds. The molecule has 20 heavy (non-hydrogen) atoms. The van der Waals surface area contributed by atoms with Crippen molar-refractivity contribution in [1.82, 2.24) is 4.98 Å². The molecule has 0 saturated carbocycles. The molecule has 98 valence electrons. The van der Waals surface area contributed by atoms with Gasteiger partial charge < -0.3 is 10.5 Å². The van der Waals surface area contributed by atoms with Crippen molar-refractivity contribution in [2.45, 2.75) is 0 Å². The van der Waals surface area contributed by atoms with Gasteiger partial charge in [0.05, 0.1) is 5.56 Å². The highest BCUT2D eigenvalue weighted by atomic mass is 16.5. The van der Waals surface area contributed by atoms with Crippen LogP contribution in [0.1, 0.15) is 10.4 Å². The van der Waals surface area contributed by atoms with Gasteiger partial charge in [-0.3, -0.25) is 9.78 Å². The molecule has 4 nitrogen and oxygen atoms in total. The second-order valence-electron chi connectivity index (χ2n) is 4.32. The Hall–Kier alpha value is -2.88. The number of carbonyl (C=O) groups excluding carboxylic acids is 1. The maximum atomic E-state index is 11.4. The van der Waals surface area contributed by atoms with Crippen molar-refractivity contribution in [1.29, 1.82) is 0 Å². The molecule has 0 aliphatic rings. The predicted molar refractivity (Wildman–Crippen MR) is 76.8 cm³/mol. The van der Waals surface area contributed by atoms with E-state index in [0.717, 1.165) is 10.8 Å². The number of fused-ring (bicyclic) bond motifs is 1. The van der Waals surface area contributed by atoms with Gasteiger partial charge >= 0.3 is 0 Å². The topological polar surface area (TPSA) is 65.2 Å². The third-order valence-electron chi connectivity index (χ3n) is 3.01. The van der Waals surface area contributed by atoms with Gasteiger partial charge in [0.25, 0.3) is 5.91 Å². The van der Waals surface area contributed by atoms with Gasteiger partial charge in [0, 0.05) is 23.2 Å². The average Bonchev–Trinajstić information content (AvgIpc) is 2.48. The molecule has 3 aromatic rings. The van der Waals surface area contributed by atoms with E-state index in [1.807, 2.05) is 24.3 Å². The quantitative estimate of drug-likeness (QED) is 0.790. The number of nitrogens with two attached hydrogens (primary N) is 1. The Morgan fingerprint density at radius 2 is 1.80 bits per heavy atom. The Labute approximate surface area is 115 Å². The van der Waals surface area contributed by atoms with Gasteiger partial charge in [-0.15, -0.1) is 0 Å². The van der Waals surface area contributed by atoms with Crippen molar-refractivity contribution in [3.8, 4) is 11.5 Å². The number of primary amides is 1. The molecule has 0 atom stereocenters. The molecule has 0 fully saturated rings. The zero-order chi connectivity index (χ0) is 13.9. The van der Waals surface area contributed by atoms with Crippen molar-refractivity contribution in [3.05, 3.63) is 66.5 Å². The monoisotopic (exact) mass is 264 g/mol. The van der Waals surface area contributed by atoms with Crippen LogP contribution < -0.4 is 10.5 Å². The molecule has 0 spiro atoms. The van der Waals surface area contributed by atoms with Crippen molar-refractivity contribution >= 4 is 16.7 Å². The van der Waals surface area contributed by atoms with Crippen molar-refractivity contribution in [2.75, 3.05) is 0 Å². The van der Waals surface area contributed by atoms with Crippen LogP contribution in [0.3, 0.4) is 0 Å². The summed E-state index contributed by atoms with van der Waals surface area (Å²) in [6.07, 6.45) is 3.47. The number of nitrogens with zero attached hydrogens (tertiary/aromatic N) is 1. The Bertz CT molecular complexity index is 779. The first kappa shape index (κ1) is 12.2. The number of carbonyl (C=O) groups is 1. The van der Waals surface area contributed by atoms with E-state index in [-0.39, 0.29) is 0 Å². The van der Waals surface area contributed by atoms with Crippen LogP contribution in [-0.2, 0) is 0 Å². The number of hydrogen-bond donors (Lipinski definition) is 1. The number of ether oxygens (including phenoxy) is 1. The summed E-state index contributed by atoms with van der Waals surface area (Å²) in [5.74, 6) is 0.602. The minimum absolute atomic E-state index is 0.360. The minimum atomic E-state index is -0.512. The van der Waals surface area contributed by atoms with Crippen LogP contribution in [0, 0.1) is 0 Å². The standard InChI is InChI=1S/C16H12N2O2/c17-16(19)13-5-1-2-6-15(13)20-14-7-3-4-11-10-18-9-8-12(11)14/h1-10H,(H2,17,19). The van der Waals surface area contributed by atoms with Gasteiger partial charge in [0.15, 0.2) is 0 Å². The van der Waals surface area contributed by atoms with Crippen molar-refractivity contribution in [3.63, 3.8) is 0 Å². The van der Waals surface area contributed by atoms with Crippen LogP contribution in [0.2, 0.25) is 0 Å². The third-order valence-corrected chi connectivity index (χ3v) is 3.01. The Morgan fingerprint density at radius 1 is 1.00 bits per heavy atom. The first-order valence-corrected chi connectivity index (χ1v) is 6.15. The summed E-state index contributed by atoms with van der Waals surface area (Å²) in [6, 6.07) is 14.5. The Morgan fingerprint density at radius 3 is 2.65 bits per heavy atom. The molecular weight excluding hydrogens is 252 g/mol. The van der Waals surface area contributed by atoms with Gasteiger partial charge in [-0.2, -0.15) is 0 Å². The van der Waals surface area contributed by atoms with E-state index in [4.69, 9.17) is 10.5 Å². The summed E-state index contributed by atoms with van der Waals surface area (Å²) in [4.78, 5) is 15.5. The lowest BCUT2D eigenvalue weighted by atomic mass is 10.1. The number of hydrogen-bond acceptors (Lipinski definition) is 3. The van der Waals surface area contributed by atoms with E-state index in [0.29, 0.717) is 17.1 Å². The SMILES string of the molecule is NC(=O)c1ccccc1Oc1cccc2cnccc12. The largest absolute Gasteiger partial charge is 0.456 e. The van der Waals surface area contributed by atoms with E-state index in [1.54, 1.807) is 36.7 Å². The molecule has 3 rings (SSSR count). The highest BCUT2D eigenvalue weighted by Gasteiger charge is 2.10. The fourth-order valence-electron chi connectivity index (χ4n) is 2.06. The first-order chi connectivity index (χ1) is 9.75. The molecule has 0 radical (unpaired) electrons. The molecule has 1 aromatic heterocycles. The molecule has 0 aliphatic carbocycles. The fourth-order valence-corrected chi connectivity index (χ4v) is 2.06. The lowest BCUT2D eigenvalue weighted by molar-refractivity contribution is 0.0998. The normalized spacial score (nSPS) is 10.4. The molecule has 4 heteroatoms. The summed E-state index contributed by atoms with van der Waals surface area (Å²) in [7, 11) is 0. The summed E-state index contributed by atoms with van der Waals surface area (Å²) in [6.45, 7) is 0. The molecule has 0 aliphatic heterocycles. The zero-order valence-corrected chi connectivity index (χ0v) is 10.6. The summed E-state index contributed by atoms with van der Waals surface area (Å²) < 4.78 is 5.86. The van der Waals surface area contributed by atoms with E-state index in [1.165, 1.54) is 0 Å². The van der Waals surface area contributed by atoms with Crippen molar-refractivity contribution < 1.29 is 9.53 Å². The maximum Gasteiger partial charge on any atom is 0.252 e. The smallest absolute Gasteiger partial charge is 0.252 e. The van der Waals surface area contributed by atoms with Gasteiger partial charge in [0.2, 0.25) is 0 Å². The molecule has 2 N–H and O–H groups in total. The Balaban J connectivity index is 2.08. The number of benzene rings is 2. The molecule has 1 heterocycles. The van der Waals surface area contributed by atoms with Gasteiger partial charge in [0.1, 0.15) is 11.5 Å². The lowest BCUT2D eigenvalue weighted by Crippen LogP contribution is -2.12. The average molecular weight is 264 g/mol. The molecule has 0 bridgehead atoms. The lowest BCUT2D eigenvalue weighted by Gasteiger charge is -2.11. The molecule has 0 saturated heterocycles. The van der Waals surface area contributed by atoms with E-state index >= 15 is 0 Å². The number of aromatic nitrogens is 1. The van der Waals surface area contributed by atoms with Crippen LogP contribution in [-0.4, -0.2) is 10.9 Å². The number of para-hydroxylation sites is 1. The highest BCUT2D eigenvalue weighted by molar-refractivity contribution is 5.96. The van der Waals surface area contributed by atoms with Crippen LogP contribution in [0.15, 0.2) is 60.9 Å². The number of pyridine rings is 1. The van der Waals surface area contributed by atoms with Crippen LogP contribution >= 0.6 is 0 Å². The van der Waals surface area contributed by atoms with Crippen molar-refractivity contribution in [2.24, 2.45) is 5.73 Å². The number of rotatable bonds is 3. The summed E-state index contributed by atoms with van der Waals surface area (Å²) >= 11 is 0. The van der Waals surface area contributed by atoms with Gasteiger partial charge in [-0.1, -0.05) is 24.3 Å². The second-order valence-corrected chi connectivity index (χ2v) is 4.32. The third kappa shape index (κ3) is 2.19. The van der Waals surface area contributed by atoms with Crippen LogP contribution in [0.5, 0.6) is 11.5 Å². The van der Waals surface area contributed by atoms with E-state index in [9.17, 15) is 4.79 Å². The minimum Gasteiger partial charge on any atom is -0.456 e. The van der Waals surface area contributed by atoms with Crippen LogP contribution in [0.4, 0.5) is 0 Å². The zero-order valence-electron chi connectivity index (χ0n) is 10.6. The van der Waals surface area contributed by atoms with Gasteiger partial charge in [-0.05, 0) is 24.3 Å². The summed E-state index contributed by atoms with van der Waals surface area (Å²) in [5.41, 5.74) is 5.71. The van der Waals surface area contributed by atoms with Crippen LogP contribution in [0.25, 0.3) is 10.8 Å². The van der Waals surface area contributed by atoms with Gasteiger partial charge in [-0.25, -0.2) is 0 Å². The summed E-state index contributed by atoms with van der Waals surface area (Å²) in [5, 5.41) is 1.91. The number of amides is 1. The predicted octanol–water partition coefficient (Wildman–Crippen LogP) is 3.13. The Kier molecular flexibility index (Phi) is 3.05. The maximum absolute atomic E-state index is 11.4. The van der Waals surface area contributed by atoms with E-state index in [2.05, 4.69) is 4.98 Å². The van der Waals surface area contributed by atoms with E-state index < -0.39 is 5.91 Å². The molecule has 0 unspecified atom stereocenters. The first-order valence-electron chi connectivity index (χ1n) is 6.15. The highest BCUT2D eigenvalue weighted by Crippen LogP contribution is 2.30.